The fourth-order valence-electron chi connectivity index (χ4n) is 1.65. The van der Waals surface area contributed by atoms with Crippen LogP contribution in [-0.2, 0) is 13.5 Å². The van der Waals surface area contributed by atoms with Gasteiger partial charge in [0, 0.05) is 18.3 Å². The number of nitrogens with zero attached hydrogens (tertiary/aromatic N) is 2. The molecule has 12 heavy (non-hydrogen) atoms. The number of aromatic nitrogens is 2. The first-order valence-corrected chi connectivity index (χ1v) is 4.39. The number of hydrogen-bond donors (Lipinski definition) is 1. The summed E-state index contributed by atoms with van der Waals surface area (Å²) in [6, 6.07) is 0. The molecule has 0 aliphatic carbocycles. The van der Waals surface area contributed by atoms with E-state index in [0.717, 1.165) is 6.42 Å². The number of hydrogen-bond acceptors (Lipinski definition) is 2. The second-order valence-electron chi connectivity index (χ2n) is 3.38. The molecule has 1 aromatic heterocycles. The number of aryl methyl sites for hydroxylation is 1. The first-order chi connectivity index (χ1) is 5.57. The van der Waals surface area contributed by atoms with Crippen LogP contribution in [0.25, 0.3) is 0 Å². The van der Waals surface area contributed by atoms with Crippen LogP contribution in [0.3, 0.4) is 0 Å². The van der Waals surface area contributed by atoms with Gasteiger partial charge in [-0.3, -0.25) is 4.68 Å². The Kier molecular flexibility index (Phi) is 2.40. The monoisotopic (exact) mass is 167 g/mol. The van der Waals surface area contributed by atoms with E-state index < -0.39 is 0 Å². The van der Waals surface area contributed by atoms with Crippen LogP contribution >= 0.6 is 0 Å². The van der Waals surface area contributed by atoms with Crippen LogP contribution in [0.4, 0.5) is 5.82 Å². The van der Waals surface area contributed by atoms with Crippen molar-refractivity contribution in [3.63, 3.8) is 0 Å². The summed E-state index contributed by atoms with van der Waals surface area (Å²) in [6.45, 7) is 6.42. The molecule has 0 aliphatic heterocycles. The van der Waals surface area contributed by atoms with Crippen molar-refractivity contribution in [3.8, 4) is 0 Å². The van der Waals surface area contributed by atoms with Crippen LogP contribution in [0, 0.1) is 0 Å². The molecule has 0 atom stereocenters. The smallest absolute Gasteiger partial charge is 0.149 e. The quantitative estimate of drug-likeness (QED) is 0.728. The molecule has 0 saturated carbocycles. The Morgan fingerprint density at radius 1 is 1.50 bits per heavy atom. The van der Waals surface area contributed by atoms with Gasteiger partial charge in [-0.05, 0) is 12.3 Å². The average Bonchev–Trinajstić information content (AvgIpc) is 2.24. The highest BCUT2D eigenvalue weighted by atomic mass is 15.3. The van der Waals surface area contributed by atoms with Gasteiger partial charge in [-0.2, -0.15) is 5.10 Å². The Hall–Kier alpha value is -0.990. The summed E-state index contributed by atoms with van der Waals surface area (Å²) in [5, 5.41) is 4.20. The third-order valence-corrected chi connectivity index (χ3v) is 2.15. The molecular formula is C9H17N3. The zero-order chi connectivity index (χ0) is 9.30. The molecule has 68 valence electrons. The van der Waals surface area contributed by atoms with Crippen molar-refractivity contribution in [3.05, 3.63) is 11.3 Å². The van der Waals surface area contributed by atoms with Gasteiger partial charge in [-0.1, -0.05) is 20.8 Å². The fraction of sp³-hybridized carbons (Fsp3) is 0.667. The molecule has 0 aromatic carbocycles. The van der Waals surface area contributed by atoms with Gasteiger partial charge >= 0.3 is 0 Å². The van der Waals surface area contributed by atoms with E-state index in [0.29, 0.717) is 11.7 Å². The van der Waals surface area contributed by atoms with Gasteiger partial charge in [-0.25, -0.2) is 0 Å². The zero-order valence-corrected chi connectivity index (χ0v) is 8.26. The van der Waals surface area contributed by atoms with Crippen LogP contribution in [0.15, 0.2) is 0 Å². The Bertz CT molecular complexity index is 274. The van der Waals surface area contributed by atoms with Gasteiger partial charge in [0.05, 0.1) is 0 Å². The Labute approximate surface area is 73.6 Å². The van der Waals surface area contributed by atoms with Crippen molar-refractivity contribution >= 4 is 5.82 Å². The van der Waals surface area contributed by atoms with Crippen molar-refractivity contribution < 1.29 is 0 Å². The normalized spacial score (nSPS) is 11.1. The molecule has 0 unspecified atom stereocenters. The molecule has 0 amide bonds. The predicted molar refractivity (Wildman–Crippen MR) is 51.1 cm³/mol. The molecule has 0 radical (unpaired) electrons. The first-order valence-electron chi connectivity index (χ1n) is 4.39. The van der Waals surface area contributed by atoms with Crippen molar-refractivity contribution in [2.75, 3.05) is 5.73 Å². The van der Waals surface area contributed by atoms with E-state index in [1.165, 1.54) is 11.3 Å². The molecule has 0 aliphatic rings. The molecule has 0 fully saturated rings. The van der Waals surface area contributed by atoms with E-state index in [2.05, 4.69) is 25.9 Å². The van der Waals surface area contributed by atoms with Crippen LogP contribution in [0.1, 0.15) is 37.9 Å². The van der Waals surface area contributed by atoms with Crippen LogP contribution in [-0.4, -0.2) is 9.78 Å². The highest BCUT2D eigenvalue weighted by Crippen LogP contribution is 2.24. The van der Waals surface area contributed by atoms with Crippen LogP contribution in [0.2, 0.25) is 0 Å². The maximum Gasteiger partial charge on any atom is 0.149 e. The third-order valence-electron chi connectivity index (χ3n) is 2.15. The highest BCUT2D eigenvalue weighted by molar-refractivity contribution is 5.44. The molecular weight excluding hydrogens is 150 g/mol. The SMILES string of the molecule is CCc1c(C(C)C)c(N)nn1C. The second-order valence-corrected chi connectivity index (χ2v) is 3.38. The van der Waals surface area contributed by atoms with Gasteiger partial charge in [0.15, 0.2) is 0 Å². The lowest BCUT2D eigenvalue weighted by molar-refractivity contribution is 0.710. The van der Waals surface area contributed by atoms with E-state index in [1.54, 1.807) is 0 Å². The molecule has 0 saturated heterocycles. The molecule has 1 heterocycles. The average molecular weight is 167 g/mol. The summed E-state index contributed by atoms with van der Waals surface area (Å²) in [4.78, 5) is 0. The van der Waals surface area contributed by atoms with Gasteiger partial charge < -0.3 is 5.73 Å². The Morgan fingerprint density at radius 3 is 2.42 bits per heavy atom. The van der Waals surface area contributed by atoms with E-state index >= 15 is 0 Å². The number of nitrogens with two attached hydrogens (primary N) is 1. The second kappa shape index (κ2) is 3.17. The Morgan fingerprint density at radius 2 is 2.08 bits per heavy atom. The van der Waals surface area contributed by atoms with E-state index in [-0.39, 0.29) is 0 Å². The number of nitrogen functional groups attached to an aromatic ring is 1. The summed E-state index contributed by atoms with van der Waals surface area (Å²) in [6.07, 6.45) is 0.994. The highest BCUT2D eigenvalue weighted by Gasteiger charge is 2.14. The lowest BCUT2D eigenvalue weighted by Crippen LogP contribution is -1.99. The van der Waals surface area contributed by atoms with Crippen LogP contribution in [0.5, 0.6) is 0 Å². The standard InChI is InChI=1S/C9H17N3/c1-5-7-8(6(2)3)9(10)11-12(7)4/h6H,5H2,1-4H3,(H2,10,11). The van der Waals surface area contributed by atoms with E-state index in [1.807, 2.05) is 11.7 Å². The summed E-state index contributed by atoms with van der Waals surface area (Å²) in [5.41, 5.74) is 8.25. The maximum absolute atomic E-state index is 5.79. The minimum Gasteiger partial charge on any atom is -0.382 e. The largest absolute Gasteiger partial charge is 0.382 e. The molecule has 1 rings (SSSR count). The Balaban J connectivity index is 3.23. The number of anilines is 1. The molecule has 0 spiro atoms. The summed E-state index contributed by atoms with van der Waals surface area (Å²) in [5.74, 6) is 1.15. The van der Waals surface area contributed by atoms with Gasteiger partial charge in [0.1, 0.15) is 5.82 Å². The molecule has 0 bridgehead atoms. The maximum atomic E-state index is 5.79. The predicted octanol–water partition coefficient (Wildman–Crippen LogP) is 1.69. The summed E-state index contributed by atoms with van der Waals surface area (Å²) >= 11 is 0. The molecule has 2 N–H and O–H groups in total. The van der Waals surface area contributed by atoms with E-state index in [4.69, 9.17) is 5.73 Å². The van der Waals surface area contributed by atoms with Gasteiger partial charge in [0.2, 0.25) is 0 Å². The van der Waals surface area contributed by atoms with Crippen molar-refractivity contribution in [2.45, 2.75) is 33.1 Å². The zero-order valence-electron chi connectivity index (χ0n) is 8.26. The first kappa shape index (κ1) is 9.10. The molecule has 1 aromatic rings. The van der Waals surface area contributed by atoms with Gasteiger partial charge in [-0.15, -0.1) is 0 Å². The molecule has 3 nitrogen and oxygen atoms in total. The topological polar surface area (TPSA) is 43.8 Å². The van der Waals surface area contributed by atoms with Crippen molar-refractivity contribution in [2.24, 2.45) is 7.05 Å². The van der Waals surface area contributed by atoms with E-state index in [9.17, 15) is 0 Å². The summed E-state index contributed by atoms with van der Waals surface area (Å²) in [7, 11) is 1.95. The van der Waals surface area contributed by atoms with Crippen molar-refractivity contribution in [1.29, 1.82) is 0 Å². The van der Waals surface area contributed by atoms with Crippen molar-refractivity contribution in [1.82, 2.24) is 9.78 Å². The van der Waals surface area contributed by atoms with Gasteiger partial charge in [0.25, 0.3) is 0 Å². The lowest BCUT2D eigenvalue weighted by Gasteiger charge is -2.06. The third kappa shape index (κ3) is 1.31. The minimum atomic E-state index is 0.466. The fourth-order valence-corrected chi connectivity index (χ4v) is 1.65. The molecule has 3 heteroatoms. The minimum absolute atomic E-state index is 0.466. The van der Waals surface area contributed by atoms with Crippen LogP contribution < -0.4 is 5.73 Å². The lowest BCUT2D eigenvalue weighted by atomic mass is 10.0. The number of rotatable bonds is 2. The summed E-state index contributed by atoms with van der Waals surface area (Å²) < 4.78 is 1.88.